The maximum Gasteiger partial charge on any atom is 0.262 e. The second kappa shape index (κ2) is 18.8. The molecular formula is C48H45FN8O8S. The van der Waals surface area contributed by atoms with E-state index in [4.69, 9.17) is 5.73 Å². The number of nitrogen functional groups attached to an aromatic ring is 1. The molecule has 0 bridgehead atoms. The Hall–Kier alpha value is -7.73. The molecule has 6 amide bonds. The predicted molar refractivity (Wildman–Crippen MR) is 244 cm³/mol. The third-order valence-electron chi connectivity index (χ3n) is 11.7. The number of anilines is 3. The number of piperidine rings is 1. The number of hydrogen-bond donors (Lipinski definition) is 6. The quantitative estimate of drug-likeness (QED) is 0.0572. The zero-order chi connectivity index (χ0) is 46.7. The van der Waals surface area contributed by atoms with Gasteiger partial charge in [0.25, 0.3) is 27.7 Å². The highest BCUT2D eigenvalue weighted by atomic mass is 32.2. The first kappa shape index (κ1) is 44.9. The van der Waals surface area contributed by atoms with Crippen LogP contribution in [0.5, 0.6) is 0 Å². The molecule has 16 nitrogen and oxygen atoms in total. The van der Waals surface area contributed by atoms with E-state index in [1.807, 2.05) is 6.07 Å². The summed E-state index contributed by atoms with van der Waals surface area (Å²) in [7, 11) is -4.27. The first-order valence-corrected chi connectivity index (χ1v) is 22.8. The number of nitrogens with two attached hydrogens (primary N) is 1. The second-order valence-corrected chi connectivity index (χ2v) is 17.9. The van der Waals surface area contributed by atoms with Gasteiger partial charge < -0.3 is 27.0 Å². The lowest BCUT2D eigenvalue weighted by Gasteiger charge is -2.29. The van der Waals surface area contributed by atoms with Crippen molar-refractivity contribution >= 4 is 62.7 Å². The zero-order valence-electron chi connectivity index (χ0n) is 35.5. The van der Waals surface area contributed by atoms with E-state index >= 15 is 4.39 Å². The molecule has 66 heavy (non-hydrogen) atoms. The fraction of sp³-hybridized carbons (Fsp3) is 0.229. The van der Waals surface area contributed by atoms with Gasteiger partial charge >= 0.3 is 0 Å². The second-order valence-electron chi connectivity index (χ2n) is 16.2. The van der Waals surface area contributed by atoms with Gasteiger partial charge in [0, 0.05) is 65.8 Å². The molecule has 0 aliphatic carbocycles. The van der Waals surface area contributed by atoms with Crippen molar-refractivity contribution in [2.75, 3.05) is 28.9 Å². The SMILES string of the molecule is C=C1CCC(N2C(=O)c3cccc(CCC(=O)NCCCCC(=O)Nc4cccc(NS(=O)(=O)c5ccc(-c6cnc(N)c(-c7ccc8c(c7)CCNC8=O)c6)c(F)c5)c4)c3C2=O)C(=O)N1. The number of fused-ring (bicyclic) bond motifs is 2. The van der Waals surface area contributed by atoms with Gasteiger partial charge in [-0.15, -0.1) is 0 Å². The largest absolute Gasteiger partial charge is 0.383 e. The minimum atomic E-state index is -4.27. The Morgan fingerprint density at radius 2 is 1.62 bits per heavy atom. The lowest BCUT2D eigenvalue weighted by Crippen LogP contribution is -2.51. The number of unbranched alkanes of at least 4 members (excludes halogenated alkanes) is 1. The highest BCUT2D eigenvalue weighted by molar-refractivity contribution is 7.92. The summed E-state index contributed by atoms with van der Waals surface area (Å²) in [6.07, 6.45) is 4.05. The smallest absolute Gasteiger partial charge is 0.262 e. The van der Waals surface area contributed by atoms with Crippen LogP contribution in [0, 0.1) is 5.82 Å². The normalized spacial score (nSPS) is 15.7. The van der Waals surface area contributed by atoms with Crippen molar-refractivity contribution in [3.63, 3.8) is 0 Å². The average molecular weight is 913 g/mol. The molecule has 1 atom stereocenters. The Balaban J connectivity index is 0.798. The average Bonchev–Trinajstić information content (AvgIpc) is 3.54. The number of nitrogens with zero attached hydrogens (tertiary/aromatic N) is 2. The van der Waals surface area contributed by atoms with Gasteiger partial charge in [-0.25, -0.2) is 17.8 Å². The van der Waals surface area contributed by atoms with E-state index in [1.165, 1.54) is 36.5 Å². The molecule has 4 aromatic carbocycles. The maximum atomic E-state index is 15.6. The van der Waals surface area contributed by atoms with E-state index in [1.54, 1.807) is 42.5 Å². The predicted octanol–water partition coefficient (Wildman–Crippen LogP) is 5.47. The molecule has 18 heteroatoms. The van der Waals surface area contributed by atoms with Gasteiger partial charge in [-0.05, 0) is 104 Å². The maximum absolute atomic E-state index is 15.6. The summed E-state index contributed by atoms with van der Waals surface area (Å²) in [6, 6.07) is 20.5. The Labute approximate surface area is 379 Å². The molecule has 4 heterocycles. The molecule has 3 aliphatic heterocycles. The summed E-state index contributed by atoms with van der Waals surface area (Å²) in [6.45, 7) is 4.55. The van der Waals surface area contributed by atoms with Crippen molar-refractivity contribution in [3.05, 3.63) is 137 Å². The summed E-state index contributed by atoms with van der Waals surface area (Å²) < 4.78 is 44.8. The number of hydrogen-bond acceptors (Lipinski definition) is 10. The third-order valence-corrected chi connectivity index (χ3v) is 13.0. The molecule has 1 unspecified atom stereocenters. The summed E-state index contributed by atoms with van der Waals surface area (Å²) in [4.78, 5) is 81.8. The number of sulfonamides is 1. The molecule has 1 saturated heterocycles. The van der Waals surface area contributed by atoms with Crippen LogP contribution in [0.15, 0.2) is 108 Å². The van der Waals surface area contributed by atoms with Crippen LogP contribution < -0.4 is 31.7 Å². The van der Waals surface area contributed by atoms with Crippen LogP contribution >= 0.6 is 0 Å². The number of benzene rings is 4. The van der Waals surface area contributed by atoms with Crippen molar-refractivity contribution in [2.45, 2.75) is 62.3 Å². The van der Waals surface area contributed by atoms with E-state index in [2.05, 4.69) is 37.6 Å². The van der Waals surface area contributed by atoms with Gasteiger partial charge in [0.05, 0.1) is 21.7 Å². The van der Waals surface area contributed by atoms with E-state index in [9.17, 15) is 37.2 Å². The Morgan fingerprint density at radius 1 is 0.833 bits per heavy atom. The summed E-state index contributed by atoms with van der Waals surface area (Å²) in [5.41, 5.74) is 11.3. The molecule has 1 aromatic heterocycles. The lowest BCUT2D eigenvalue weighted by molar-refractivity contribution is -0.125. The van der Waals surface area contributed by atoms with E-state index in [0.717, 1.165) is 16.5 Å². The molecule has 0 radical (unpaired) electrons. The van der Waals surface area contributed by atoms with Crippen molar-refractivity contribution < 1.29 is 41.6 Å². The molecule has 0 saturated carbocycles. The van der Waals surface area contributed by atoms with Crippen LogP contribution in [0.4, 0.5) is 21.6 Å². The monoisotopic (exact) mass is 912 g/mol. The first-order valence-electron chi connectivity index (χ1n) is 21.3. The van der Waals surface area contributed by atoms with Crippen LogP contribution in [-0.4, -0.2) is 72.9 Å². The fourth-order valence-electron chi connectivity index (χ4n) is 8.29. The van der Waals surface area contributed by atoms with Gasteiger partial charge in [-0.2, -0.15) is 0 Å². The molecule has 338 valence electrons. The number of carbonyl (C=O) groups excluding carboxylic acids is 6. The number of allylic oxidation sites excluding steroid dienone is 1. The Morgan fingerprint density at radius 3 is 2.42 bits per heavy atom. The van der Waals surface area contributed by atoms with Crippen molar-refractivity contribution in [2.24, 2.45) is 0 Å². The van der Waals surface area contributed by atoms with E-state index < -0.39 is 39.6 Å². The lowest BCUT2D eigenvalue weighted by atomic mass is 9.94. The molecular weight excluding hydrogens is 868 g/mol. The highest BCUT2D eigenvalue weighted by Gasteiger charge is 2.44. The fourth-order valence-corrected chi connectivity index (χ4v) is 9.35. The Kier molecular flexibility index (Phi) is 12.8. The topological polar surface area (TPSA) is 239 Å². The van der Waals surface area contributed by atoms with E-state index in [-0.39, 0.29) is 76.5 Å². The summed E-state index contributed by atoms with van der Waals surface area (Å²) in [5.74, 6) is -2.93. The zero-order valence-corrected chi connectivity index (χ0v) is 36.4. The number of carbonyl (C=O) groups is 6. The van der Waals surface area contributed by atoms with Gasteiger partial charge in [-0.1, -0.05) is 43.0 Å². The molecule has 1 fully saturated rings. The van der Waals surface area contributed by atoms with Gasteiger partial charge in [0.2, 0.25) is 17.7 Å². The van der Waals surface area contributed by atoms with Gasteiger partial charge in [-0.3, -0.25) is 38.4 Å². The van der Waals surface area contributed by atoms with Crippen molar-refractivity contribution in [1.82, 2.24) is 25.8 Å². The molecule has 0 spiro atoms. The van der Waals surface area contributed by atoms with Crippen LogP contribution in [0.1, 0.15) is 80.7 Å². The number of pyridine rings is 1. The van der Waals surface area contributed by atoms with Crippen molar-refractivity contribution in [1.29, 1.82) is 0 Å². The first-order chi connectivity index (χ1) is 31.7. The number of imide groups is 1. The Bertz CT molecular complexity index is 2980. The van der Waals surface area contributed by atoms with Crippen LogP contribution in [0.3, 0.4) is 0 Å². The highest BCUT2D eigenvalue weighted by Crippen LogP contribution is 2.34. The third kappa shape index (κ3) is 9.53. The minimum Gasteiger partial charge on any atom is -0.383 e. The van der Waals surface area contributed by atoms with Crippen LogP contribution in [-0.2, 0) is 37.2 Å². The van der Waals surface area contributed by atoms with E-state index in [0.29, 0.717) is 78.0 Å². The number of aromatic nitrogens is 1. The number of nitrogens with one attached hydrogen (secondary N) is 5. The molecule has 8 rings (SSSR count). The number of rotatable bonds is 15. The van der Waals surface area contributed by atoms with Gasteiger partial charge in [0.15, 0.2) is 0 Å². The molecule has 3 aliphatic rings. The summed E-state index contributed by atoms with van der Waals surface area (Å²) in [5, 5.41) is 11.0. The number of aryl methyl sites for hydroxylation is 1. The minimum absolute atomic E-state index is 0.0473. The summed E-state index contributed by atoms with van der Waals surface area (Å²) >= 11 is 0. The van der Waals surface area contributed by atoms with Crippen LogP contribution in [0.25, 0.3) is 22.3 Å². The number of halogens is 1. The van der Waals surface area contributed by atoms with Gasteiger partial charge in [0.1, 0.15) is 17.7 Å². The molecule has 5 aromatic rings. The molecule has 7 N–H and O–H groups in total. The van der Waals surface area contributed by atoms with Crippen LogP contribution in [0.2, 0.25) is 0 Å². The van der Waals surface area contributed by atoms with Crippen molar-refractivity contribution in [3.8, 4) is 22.3 Å². The standard InChI is InChI=1S/C48H45FN8O8S/c1-27-11-17-40(46(61)54-27)57-47(62)37-9-4-6-28(43(37)48(57)63)13-18-41(58)51-20-3-2-10-42(59)55-32-7-5-8-33(24-32)56-66(64,65)34-14-16-35(39(49)25-34)31-23-38(44(50)53-26-31)29-12-15-36-30(22-29)19-21-52-45(36)60/h4-9,12,14-16,22-26,40,56H,1-3,10-11,13,17-21H2,(H2,50,53)(H,51,58)(H,52,60)(H,54,61)(H,55,59). The number of amides is 6.